The quantitative estimate of drug-likeness (QED) is 0.853. The van der Waals surface area contributed by atoms with Gasteiger partial charge in [0.15, 0.2) is 0 Å². The fourth-order valence-corrected chi connectivity index (χ4v) is 5.27. The molecular formula is C16H30N2S. The van der Waals surface area contributed by atoms with E-state index in [1.54, 1.807) is 0 Å². The van der Waals surface area contributed by atoms with Crippen LogP contribution in [0.5, 0.6) is 0 Å². The van der Waals surface area contributed by atoms with E-state index < -0.39 is 0 Å². The van der Waals surface area contributed by atoms with Crippen molar-refractivity contribution in [1.29, 1.82) is 0 Å². The summed E-state index contributed by atoms with van der Waals surface area (Å²) in [4.78, 5) is 2.79. The van der Waals surface area contributed by atoms with Crippen LogP contribution in [-0.4, -0.2) is 47.6 Å². The molecule has 0 aromatic heterocycles. The van der Waals surface area contributed by atoms with Crippen molar-refractivity contribution >= 4 is 11.8 Å². The van der Waals surface area contributed by atoms with Gasteiger partial charge in [0, 0.05) is 23.4 Å². The molecule has 1 saturated heterocycles. The number of hydrogen-bond acceptors (Lipinski definition) is 3. The molecular weight excluding hydrogens is 252 g/mol. The van der Waals surface area contributed by atoms with E-state index in [1.807, 2.05) is 0 Å². The lowest BCUT2D eigenvalue weighted by molar-refractivity contribution is 0.186. The highest BCUT2D eigenvalue weighted by Gasteiger charge is 2.44. The Morgan fingerprint density at radius 2 is 1.95 bits per heavy atom. The van der Waals surface area contributed by atoms with Gasteiger partial charge in [0.25, 0.3) is 0 Å². The molecule has 110 valence electrons. The summed E-state index contributed by atoms with van der Waals surface area (Å²) in [5.74, 6) is 0.946. The first-order valence-corrected chi connectivity index (χ1v) is 9.41. The SMILES string of the molecule is CSC1(CN2CCCNC(C)(C3CC3)C2)CCCC1. The Labute approximate surface area is 123 Å². The molecule has 3 fully saturated rings. The van der Waals surface area contributed by atoms with E-state index in [0.29, 0.717) is 10.3 Å². The summed E-state index contributed by atoms with van der Waals surface area (Å²) < 4.78 is 0.578. The molecule has 3 aliphatic rings. The topological polar surface area (TPSA) is 15.3 Å². The first kappa shape index (κ1) is 14.2. The third-order valence-electron chi connectivity index (χ3n) is 5.67. The molecule has 0 aromatic carbocycles. The third-order valence-corrected chi connectivity index (χ3v) is 7.07. The summed E-state index contributed by atoms with van der Waals surface area (Å²) in [5.41, 5.74) is 0.398. The molecule has 1 heterocycles. The molecule has 0 bridgehead atoms. The molecule has 19 heavy (non-hydrogen) atoms. The van der Waals surface area contributed by atoms with Crippen LogP contribution in [0.1, 0.15) is 51.9 Å². The van der Waals surface area contributed by atoms with Gasteiger partial charge < -0.3 is 10.2 Å². The molecule has 2 saturated carbocycles. The highest BCUT2D eigenvalue weighted by atomic mass is 32.2. The second-order valence-corrected chi connectivity index (χ2v) is 8.55. The third kappa shape index (κ3) is 3.14. The molecule has 2 nitrogen and oxygen atoms in total. The molecule has 0 spiro atoms. The van der Waals surface area contributed by atoms with Crippen molar-refractivity contribution in [3.05, 3.63) is 0 Å². The smallest absolute Gasteiger partial charge is 0.0308 e. The number of nitrogens with one attached hydrogen (secondary N) is 1. The molecule has 2 aliphatic carbocycles. The Kier molecular flexibility index (Phi) is 4.17. The van der Waals surface area contributed by atoms with E-state index >= 15 is 0 Å². The van der Waals surface area contributed by atoms with Gasteiger partial charge >= 0.3 is 0 Å². The Morgan fingerprint density at radius 1 is 1.21 bits per heavy atom. The van der Waals surface area contributed by atoms with E-state index in [1.165, 1.54) is 71.1 Å². The van der Waals surface area contributed by atoms with Crippen LogP contribution in [0.3, 0.4) is 0 Å². The zero-order chi connectivity index (χ0) is 13.3. The normalized spacial score (nSPS) is 36.3. The zero-order valence-corrected chi connectivity index (χ0v) is 13.5. The van der Waals surface area contributed by atoms with Crippen LogP contribution in [0.15, 0.2) is 0 Å². The maximum Gasteiger partial charge on any atom is 0.0308 e. The summed E-state index contributed by atoms with van der Waals surface area (Å²) >= 11 is 2.14. The van der Waals surface area contributed by atoms with Gasteiger partial charge in [0.05, 0.1) is 0 Å². The Bertz CT molecular complexity index is 310. The fraction of sp³-hybridized carbons (Fsp3) is 1.00. The van der Waals surface area contributed by atoms with Crippen LogP contribution < -0.4 is 5.32 Å². The van der Waals surface area contributed by atoms with E-state index in [-0.39, 0.29) is 0 Å². The van der Waals surface area contributed by atoms with Gasteiger partial charge in [-0.1, -0.05) is 12.8 Å². The largest absolute Gasteiger partial charge is 0.310 e. The number of thioether (sulfide) groups is 1. The van der Waals surface area contributed by atoms with Gasteiger partial charge in [-0.15, -0.1) is 0 Å². The van der Waals surface area contributed by atoms with Crippen LogP contribution in [0.4, 0.5) is 0 Å². The molecule has 0 radical (unpaired) electrons. The molecule has 0 amide bonds. The summed E-state index contributed by atoms with van der Waals surface area (Å²) in [5, 5.41) is 3.86. The predicted octanol–water partition coefficient (Wildman–Crippen LogP) is 3.13. The zero-order valence-electron chi connectivity index (χ0n) is 12.7. The number of rotatable bonds is 4. The van der Waals surface area contributed by atoms with Crippen molar-refractivity contribution in [2.24, 2.45) is 5.92 Å². The standard InChI is InChI=1S/C16H30N2S/c1-15(14-6-7-14)12-18(11-5-10-17-15)13-16(19-2)8-3-4-9-16/h14,17H,3-13H2,1-2H3. The number of nitrogens with zero attached hydrogens (tertiary/aromatic N) is 1. The first-order valence-electron chi connectivity index (χ1n) is 8.18. The minimum absolute atomic E-state index is 0.398. The lowest BCUT2D eigenvalue weighted by Crippen LogP contribution is -2.52. The molecule has 1 aliphatic heterocycles. The highest BCUT2D eigenvalue weighted by molar-refractivity contribution is 8.00. The van der Waals surface area contributed by atoms with Crippen molar-refractivity contribution < 1.29 is 0 Å². The molecule has 0 aromatic rings. The summed E-state index contributed by atoms with van der Waals surface area (Å²) in [6, 6.07) is 0. The maximum atomic E-state index is 3.86. The van der Waals surface area contributed by atoms with Crippen molar-refractivity contribution in [2.45, 2.75) is 62.2 Å². The van der Waals surface area contributed by atoms with Crippen molar-refractivity contribution in [3.63, 3.8) is 0 Å². The van der Waals surface area contributed by atoms with Crippen LogP contribution in [-0.2, 0) is 0 Å². The highest BCUT2D eigenvalue weighted by Crippen LogP contribution is 2.43. The van der Waals surface area contributed by atoms with E-state index in [9.17, 15) is 0 Å². The van der Waals surface area contributed by atoms with Gasteiger partial charge in [-0.2, -0.15) is 11.8 Å². The van der Waals surface area contributed by atoms with Crippen LogP contribution in [0, 0.1) is 5.92 Å². The summed E-state index contributed by atoms with van der Waals surface area (Å²) in [7, 11) is 0. The monoisotopic (exact) mass is 282 g/mol. The molecule has 1 atom stereocenters. The van der Waals surface area contributed by atoms with Crippen LogP contribution >= 0.6 is 11.8 Å². The van der Waals surface area contributed by atoms with Crippen molar-refractivity contribution in [2.75, 3.05) is 32.4 Å². The number of hydrogen-bond donors (Lipinski definition) is 1. The second kappa shape index (κ2) is 5.57. The van der Waals surface area contributed by atoms with Gasteiger partial charge in [0.2, 0.25) is 0 Å². The molecule has 3 heteroatoms. The van der Waals surface area contributed by atoms with Crippen molar-refractivity contribution in [3.8, 4) is 0 Å². The lowest BCUT2D eigenvalue weighted by atomic mass is 9.94. The van der Waals surface area contributed by atoms with Gasteiger partial charge in [0.1, 0.15) is 0 Å². The van der Waals surface area contributed by atoms with Gasteiger partial charge in [-0.25, -0.2) is 0 Å². The van der Waals surface area contributed by atoms with Gasteiger partial charge in [-0.05, 0) is 64.3 Å². The average Bonchev–Trinajstić information content (AvgIpc) is 3.18. The van der Waals surface area contributed by atoms with Gasteiger partial charge in [-0.3, -0.25) is 0 Å². The first-order chi connectivity index (χ1) is 9.16. The average molecular weight is 282 g/mol. The molecule has 3 rings (SSSR count). The minimum Gasteiger partial charge on any atom is -0.310 e. The second-order valence-electron chi connectivity index (χ2n) is 7.28. The minimum atomic E-state index is 0.398. The van der Waals surface area contributed by atoms with E-state index in [2.05, 4.69) is 35.2 Å². The lowest BCUT2D eigenvalue weighted by Gasteiger charge is -2.38. The fourth-order valence-electron chi connectivity index (χ4n) is 4.26. The predicted molar refractivity (Wildman–Crippen MR) is 84.9 cm³/mol. The van der Waals surface area contributed by atoms with Crippen LogP contribution in [0.2, 0.25) is 0 Å². The Balaban J connectivity index is 1.65. The molecule has 1 N–H and O–H groups in total. The van der Waals surface area contributed by atoms with E-state index in [4.69, 9.17) is 0 Å². The Morgan fingerprint density at radius 3 is 2.58 bits per heavy atom. The van der Waals surface area contributed by atoms with Crippen LogP contribution in [0.25, 0.3) is 0 Å². The summed E-state index contributed by atoms with van der Waals surface area (Å²) in [6.45, 7) is 7.61. The Hall–Kier alpha value is 0.270. The maximum absolute atomic E-state index is 3.86. The summed E-state index contributed by atoms with van der Waals surface area (Å²) in [6.07, 6.45) is 12.3. The van der Waals surface area contributed by atoms with E-state index in [0.717, 1.165) is 5.92 Å². The van der Waals surface area contributed by atoms with Crippen molar-refractivity contribution in [1.82, 2.24) is 10.2 Å². The molecule has 1 unspecified atom stereocenters.